The fourth-order valence-corrected chi connectivity index (χ4v) is 3.44. The first kappa shape index (κ1) is 26.6. The van der Waals surface area contributed by atoms with Gasteiger partial charge in [0.1, 0.15) is 13.2 Å². The number of nitrogens with zero attached hydrogens (tertiary/aromatic N) is 2. The number of benzene rings is 2. The summed E-state index contributed by atoms with van der Waals surface area (Å²) in [6.07, 6.45) is -1.15. The minimum Gasteiger partial charge on any atom is -0.429 e. The molecule has 2 aromatic carbocycles. The fourth-order valence-electron chi connectivity index (χ4n) is 3.44. The second kappa shape index (κ2) is 9.70. The van der Waals surface area contributed by atoms with Crippen molar-refractivity contribution in [2.75, 3.05) is 0 Å². The number of carbonyl (C=O) groups is 1. The lowest BCUT2D eigenvalue weighted by Crippen LogP contribution is -2.18. The first-order valence-corrected chi connectivity index (χ1v) is 10.3. The molecule has 0 N–H and O–H groups in total. The Kier molecular flexibility index (Phi) is 7.59. The second-order valence-electron chi connectivity index (χ2n) is 9.76. The molecule has 0 saturated heterocycles. The van der Waals surface area contributed by atoms with Crippen LogP contribution in [0, 0.1) is 31.9 Å². The van der Waals surface area contributed by atoms with Crippen LogP contribution >= 0.6 is 0 Å². The van der Waals surface area contributed by atoms with Gasteiger partial charge in [-0.15, -0.1) is 0 Å². The van der Waals surface area contributed by atoms with Crippen LogP contribution in [0.4, 0.5) is 25.0 Å². The SMILES string of the molecule is CC(C)(C)c1cc(F)c([N+](=O)[O-])cc1COC(=O)OCc1cc([N+](=O)[O-])c(F)cc1C(C)(C)C. The van der Waals surface area contributed by atoms with Crippen molar-refractivity contribution in [2.45, 2.75) is 65.6 Å². The smallest absolute Gasteiger partial charge is 0.429 e. The van der Waals surface area contributed by atoms with Crippen LogP contribution in [-0.4, -0.2) is 16.0 Å². The number of hydrogen-bond acceptors (Lipinski definition) is 7. The average Bonchev–Trinajstić information content (AvgIpc) is 2.69. The Morgan fingerprint density at radius 1 is 0.765 bits per heavy atom. The van der Waals surface area contributed by atoms with E-state index >= 15 is 0 Å². The fraction of sp³-hybridized carbons (Fsp3) is 0.435. The highest BCUT2D eigenvalue weighted by Crippen LogP contribution is 2.33. The van der Waals surface area contributed by atoms with Gasteiger partial charge >= 0.3 is 17.5 Å². The van der Waals surface area contributed by atoms with E-state index in [2.05, 4.69) is 0 Å². The minimum absolute atomic E-state index is 0.227. The third kappa shape index (κ3) is 6.24. The summed E-state index contributed by atoms with van der Waals surface area (Å²) in [5.41, 5.74) is -1.45. The molecule has 184 valence electrons. The lowest BCUT2D eigenvalue weighted by molar-refractivity contribution is -0.387. The summed E-state index contributed by atoms with van der Waals surface area (Å²) in [5.74, 6) is -2.01. The quantitative estimate of drug-likeness (QED) is 0.273. The average molecular weight is 480 g/mol. The van der Waals surface area contributed by atoms with E-state index in [9.17, 15) is 33.8 Å². The van der Waals surface area contributed by atoms with Gasteiger partial charge in [-0.25, -0.2) is 4.79 Å². The number of nitro groups is 2. The second-order valence-corrected chi connectivity index (χ2v) is 9.76. The van der Waals surface area contributed by atoms with Crippen LogP contribution in [0.25, 0.3) is 0 Å². The first-order valence-electron chi connectivity index (χ1n) is 10.3. The molecule has 2 rings (SSSR count). The third-order valence-corrected chi connectivity index (χ3v) is 5.05. The number of nitro benzene ring substituents is 2. The Labute approximate surface area is 195 Å². The van der Waals surface area contributed by atoms with E-state index in [1.165, 1.54) is 0 Å². The summed E-state index contributed by atoms with van der Waals surface area (Å²) in [7, 11) is 0. The number of halogens is 2. The predicted octanol–water partition coefficient (Wildman–Crippen LogP) is 6.23. The van der Waals surface area contributed by atoms with Crippen molar-refractivity contribution in [3.05, 3.63) is 78.4 Å². The third-order valence-electron chi connectivity index (χ3n) is 5.05. The van der Waals surface area contributed by atoms with Gasteiger partial charge in [0.05, 0.1) is 9.85 Å². The largest absolute Gasteiger partial charge is 0.508 e. The first-order chi connectivity index (χ1) is 15.5. The van der Waals surface area contributed by atoms with Gasteiger partial charge in [0.25, 0.3) is 0 Å². The van der Waals surface area contributed by atoms with E-state index in [1.807, 2.05) is 0 Å². The van der Waals surface area contributed by atoms with Gasteiger partial charge in [0.2, 0.25) is 11.6 Å². The van der Waals surface area contributed by atoms with Crippen LogP contribution in [0.2, 0.25) is 0 Å². The molecule has 11 heteroatoms. The number of rotatable bonds is 6. The van der Waals surface area contributed by atoms with E-state index in [0.717, 1.165) is 24.3 Å². The van der Waals surface area contributed by atoms with Gasteiger partial charge in [0, 0.05) is 23.3 Å². The van der Waals surface area contributed by atoms with Gasteiger partial charge in [0.15, 0.2) is 0 Å². The van der Waals surface area contributed by atoms with Crippen molar-refractivity contribution in [2.24, 2.45) is 0 Å². The van der Waals surface area contributed by atoms with Crippen LogP contribution in [0.3, 0.4) is 0 Å². The van der Waals surface area contributed by atoms with Crippen molar-refractivity contribution in [1.82, 2.24) is 0 Å². The molecule has 0 spiro atoms. The zero-order valence-electron chi connectivity index (χ0n) is 19.7. The van der Waals surface area contributed by atoms with Crippen molar-refractivity contribution < 1.29 is 32.9 Å². The molecule has 0 saturated carbocycles. The standard InChI is InChI=1S/C23H26F2N2O7/c1-22(2,3)15-9-17(24)19(26(29)30)7-13(15)11-33-21(28)34-12-14-8-20(27(31)32)18(25)10-16(14)23(4,5)6/h7-10H,11-12H2,1-6H3. The van der Waals surface area contributed by atoms with Crippen LogP contribution in [0.1, 0.15) is 63.8 Å². The molecule has 9 nitrogen and oxygen atoms in total. The summed E-state index contributed by atoms with van der Waals surface area (Å²) >= 11 is 0. The summed E-state index contributed by atoms with van der Waals surface area (Å²) in [6.45, 7) is 9.76. The maximum atomic E-state index is 14.1. The molecule has 0 radical (unpaired) electrons. The molecule has 0 heterocycles. The maximum Gasteiger partial charge on any atom is 0.508 e. The molecule has 0 atom stereocenters. The Hall–Kier alpha value is -3.63. The van der Waals surface area contributed by atoms with E-state index in [4.69, 9.17) is 9.47 Å². The highest BCUT2D eigenvalue weighted by atomic mass is 19.1. The van der Waals surface area contributed by atoms with Gasteiger partial charge in [-0.1, -0.05) is 41.5 Å². The molecular weight excluding hydrogens is 454 g/mol. The van der Waals surface area contributed by atoms with Crippen LogP contribution in [-0.2, 0) is 33.5 Å². The van der Waals surface area contributed by atoms with Crippen LogP contribution in [0.15, 0.2) is 24.3 Å². The summed E-state index contributed by atoms with van der Waals surface area (Å²) in [4.78, 5) is 32.7. The van der Waals surface area contributed by atoms with E-state index in [1.54, 1.807) is 41.5 Å². The predicted molar refractivity (Wildman–Crippen MR) is 118 cm³/mol. The summed E-state index contributed by atoms with van der Waals surface area (Å²) in [6, 6.07) is 4.08. The van der Waals surface area contributed by atoms with Crippen molar-refractivity contribution in [1.29, 1.82) is 0 Å². The topological polar surface area (TPSA) is 122 Å². The zero-order chi connectivity index (χ0) is 26.0. The normalized spacial score (nSPS) is 11.8. The molecule has 0 aliphatic rings. The molecule has 0 amide bonds. The lowest BCUT2D eigenvalue weighted by Gasteiger charge is -2.23. The number of carbonyl (C=O) groups excluding carboxylic acids is 1. The maximum absolute atomic E-state index is 14.1. The van der Waals surface area contributed by atoms with Gasteiger partial charge in [-0.3, -0.25) is 20.2 Å². The van der Waals surface area contributed by atoms with E-state index in [-0.39, 0.29) is 11.1 Å². The van der Waals surface area contributed by atoms with Crippen molar-refractivity contribution >= 4 is 17.5 Å². The molecule has 0 fully saturated rings. The zero-order valence-corrected chi connectivity index (χ0v) is 19.7. The highest BCUT2D eigenvalue weighted by Gasteiger charge is 2.27. The van der Waals surface area contributed by atoms with Crippen molar-refractivity contribution in [3.63, 3.8) is 0 Å². The van der Waals surface area contributed by atoms with Gasteiger partial charge < -0.3 is 9.47 Å². The molecule has 2 aromatic rings. The van der Waals surface area contributed by atoms with E-state index in [0.29, 0.717) is 11.1 Å². The number of hydrogen-bond donors (Lipinski definition) is 0. The number of ether oxygens (including phenoxy) is 2. The Morgan fingerprint density at radius 3 is 1.35 bits per heavy atom. The Balaban J connectivity index is 2.24. The summed E-state index contributed by atoms with van der Waals surface area (Å²) < 4.78 is 38.4. The highest BCUT2D eigenvalue weighted by molar-refractivity contribution is 5.60. The Bertz CT molecular complexity index is 1050. The van der Waals surface area contributed by atoms with Crippen LogP contribution < -0.4 is 0 Å². The summed E-state index contributed by atoms with van der Waals surface area (Å²) in [5, 5.41) is 22.2. The van der Waals surface area contributed by atoms with E-state index < -0.39 is 63.1 Å². The van der Waals surface area contributed by atoms with Crippen LogP contribution in [0.5, 0.6) is 0 Å². The molecule has 0 aliphatic heterocycles. The molecular formula is C23H26F2N2O7. The molecule has 0 bridgehead atoms. The molecule has 34 heavy (non-hydrogen) atoms. The molecule has 0 unspecified atom stereocenters. The Morgan fingerprint density at radius 2 is 1.09 bits per heavy atom. The molecule has 0 aromatic heterocycles. The van der Waals surface area contributed by atoms with Crippen molar-refractivity contribution in [3.8, 4) is 0 Å². The van der Waals surface area contributed by atoms with Gasteiger partial charge in [-0.05, 0) is 34.1 Å². The monoisotopic (exact) mass is 480 g/mol. The van der Waals surface area contributed by atoms with Gasteiger partial charge in [-0.2, -0.15) is 8.78 Å². The molecule has 0 aliphatic carbocycles. The lowest BCUT2D eigenvalue weighted by atomic mass is 9.83. The minimum atomic E-state index is -1.15.